The van der Waals surface area contributed by atoms with Gasteiger partial charge in [0.25, 0.3) is 5.91 Å². The third kappa shape index (κ3) is 5.36. The molecule has 0 saturated carbocycles. The van der Waals surface area contributed by atoms with Crippen LogP contribution in [0, 0.1) is 5.82 Å². The number of hydrogen-bond donors (Lipinski definition) is 1. The van der Waals surface area contributed by atoms with Crippen molar-refractivity contribution in [2.75, 3.05) is 20.3 Å². The largest absolute Gasteiger partial charge is 0.490 e. The number of carbonyl (C=O) groups excluding carboxylic acids is 3. The number of ether oxygens (including phenoxy) is 3. The quantitative estimate of drug-likeness (QED) is 0.366. The zero-order valence-electron chi connectivity index (χ0n) is 17.3. The van der Waals surface area contributed by atoms with Crippen LogP contribution in [-0.4, -0.2) is 43.1 Å². The fraction of sp³-hybridized carbons (Fsp3) is 0.227. The van der Waals surface area contributed by atoms with Crippen molar-refractivity contribution in [2.45, 2.75) is 13.5 Å². The lowest BCUT2D eigenvalue weighted by Gasteiger charge is -2.14. The van der Waals surface area contributed by atoms with E-state index in [9.17, 15) is 18.8 Å². The van der Waals surface area contributed by atoms with Gasteiger partial charge in [0.05, 0.1) is 25.3 Å². The number of amides is 3. The molecular weight excluding hydrogens is 443 g/mol. The average molecular weight is 463 g/mol. The smallest absolute Gasteiger partial charge is 0.343 e. The Labute approximate surface area is 188 Å². The van der Waals surface area contributed by atoms with Gasteiger partial charge in [-0.25, -0.2) is 14.0 Å². The number of halogens is 2. The summed E-state index contributed by atoms with van der Waals surface area (Å²) < 4.78 is 28.6. The molecule has 1 saturated heterocycles. The standard InChI is InChI=1S/C22H20ClFN2O6/c1-3-31-18-10-14(8-16(23)20(18)32-12-19(27)30-2)9-17-21(28)26(22(29)25-17)11-13-4-6-15(24)7-5-13/h4-10H,3,11-12H2,1-2H3,(H,25,29)/b17-9+. The van der Waals surface area contributed by atoms with Gasteiger partial charge in [-0.2, -0.15) is 0 Å². The number of nitrogens with zero attached hydrogens (tertiary/aromatic N) is 1. The van der Waals surface area contributed by atoms with Gasteiger partial charge in [0.1, 0.15) is 11.5 Å². The lowest BCUT2D eigenvalue weighted by molar-refractivity contribution is -0.142. The molecule has 1 heterocycles. The lowest BCUT2D eigenvalue weighted by atomic mass is 10.1. The first-order valence-corrected chi connectivity index (χ1v) is 9.95. The van der Waals surface area contributed by atoms with Gasteiger partial charge in [-0.3, -0.25) is 9.69 Å². The molecule has 10 heteroatoms. The van der Waals surface area contributed by atoms with E-state index in [4.69, 9.17) is 21.1 Å². The minimum atomic E-state index is -0.597. The van der Waals surface area contributed by atoms with Crippen LogP contribution < -0.4 is 14.8 Å². The molecule has 0 radical (unpaired) electrons. The number of carbonyl (C=O) groups is 3. The van der Waals surface area contributed by atoms with Crippen molar-refractivity contribution in [3.05, 3.63) is 64.1 Å². The van der Waals surface area contributed by atoms with Crippen molar-refractivity contribution in [3.63, 3.8) is 0 Å². The van der Waals surface area contributed by atoms with E-state index >= 15 is 0 Å². The average Bonchev–Trinajstić information content (AvgIpc) is 3.02. The Kier molecular flexibility index (Phi) is 7.32. The first-order chi connectivity index (χ1) is 15.3. The molecule has 168 valence electrons. The van der Waals surface area contributed by atoms with Crippen LogP contribution in [0.3, 0.4) is 0 Å². The molecule has 1 aliphatic rings. The molecule has 0 aromatic heterocycles. The maximum atomic E-state index is 13.1. The van der Waals surface area contributed by atoms with E-state index in [0.717, 1.165) is 4.90 Å². The zero-order chi connectivity index (χ0) is 23.3. The minimum Gasteiger partial charge on any atom is -0.490 e. The van der Waals surface area contributed by atoms with Gasteiger partial charge < -0.3 is 19.5 Å². The number of rotatable bonds is 8. The van der Waals surface area contributed by atoms with Crippen LogP contribution in [0.4, 0.5) is 9.18 Å². The highest BCUT2D eigenvalue weighted by atomic mass is 35.5. The molecule has 0 unspecified atom stereocenters. The fourth-order valence-corrected chi connectivity index (χ4v) is 3.19. The van der Waals surface area contributed by atoms with E-state index in [1.165, 1.54) is 43.5 Å². The maximum Gasteiger partial charge on any atom is 0.343 e. The Balaban J connectivity index is 1.83. The van der Waals surface area contributed by atoms with Gasteiger partial charge in [0.2, 0.25) is 0 Å². The summed E-state index contributed by atoms with van der Waals surface area (Å²) in [5.74, 6) is -1.13. The van der Waals surface area contributed by atoms with Crippen molar-refractivity contribution >= 4 is 35.6 Å². The van der Waals surface area contributed by atoms with Crippen molar-refractivity contribution in [2.24, 2.45) is 0 Å². The molecule has 8 nitrogen and oxygen atoms in total. The monoisotopic (exact) mass is 462 g/mol. The first kappa shape index (κ1) is 23.1. The zero-order valence-corrected chi connectivity index (χ0v) is 18.1. The molecule has 0 aliphatic carbocycles. The van der Waals surface area contributed by atoms with Crippen LogP contribution in [0.1, 0.15) is 18.1 Å². The highest BCUT2D eigenvalue weighted by Crippen LogP contribution is 2.37. The van der Waals surface area contributed by atoms with Crippen LogP contribution in [0.25, 0.3) is 6.08 Å². The number of nitrogens with one attached hydrogen (secondary N) is 1. The van der Waals surface area contributed by atoms with Gasteiger partial charge in [0, 0.05) is 0 Å². The van der Waals surface area contributed by atoms with Gasteiger partial charge in [0.15, 0.2) is 18.1 Å². The van der Waals surface area contributed by atoms with Gasteiger partial charge in [-0.15, -0.1) is 0 Å². The Morgan fingerprint density at radius 3 is 2.56 bits per heavy atom. The predicted molar refractivity (Wildman–Crippen MR) is 114 cm³/mol. The number of benzene rings is 2. The second-order valence-electron chi connectivity index (χ2n) is 6.63. The molecule has 3 amide bonds. The van der Waals surface area contributed by atoms with E-state index in [-0.39, 0.29) is 35.4 Å². The third-order valence-electron chi connectivity index (χ3n) is 4.42. The highest BCUT2D eigenvalue weighted by molar-refractivity contribution is 6.32. The number of imide groups is 1. The second-order valence-corrected chi connectivity index (χ2v) is 7.04. The summed E-state index contributed by atoms with van der Waals surface area (Å²) in [6, 6.07) is 7.98. The first-order valence-electron chi connectivity index (χ1n) is 9.57. The third-order valence-corrected chi connectivity index (χ3v) is 4.70. The molecule has 0 spiro atoms. The summed E-state index contributed by atoms with van der Waals surface area (Å²) in [5.41, 5.74) is 1.11. The molecule has 1 aliphatic heterocycles. The summed E-state index contributed by atoms with van der Waals surface area (Å²) in [5, 5.41) is 2.66. The molecule has 3 rings (SSSR count). The van der Waals surface area contributed by atoms with Crippen molar-refractivity contribution in [1.82, 2.24) is 10.2 Å². The number of methoxy groups -OCH3 is 1. The molecule has 1 N–H and O–H groups in total. The van der Waals surface area contributed by atoms with Gasteiger partial charge in [-0.1, -0.05) is 23.7 Å². The van der Waals surface area contributed by atoms with Crippen molar-refractivity contribution < 1.29 is 33.0 Å². The van der Waals surface area contributed by atoms with Crippen molar-refractivity contribution in [3.8, 4) is 11.5 Å². The molecular formula is C22H20ClFN2O6. The van der Waals surface area contributed by atoms with Crippen LogP contribution >= 0.6 is 11.6 Å². The molecule has 2 aromatic rings. The number of esters is 1. The van der Waals surface area contributed by atoms with E-state index in [1.54, 1.807) is 13.0 Å². The van der Waals surface area contributed by atoms with E-state index in [2.05, 4.69) is 10.1 Å². The lowest BCUT2D eigenvalue weighted by Crippen LogP contribution is -2.30. The van der Waals surface area contributed by atoms with E-state index < -0.39 is 23.7 Å². The van der Waals surface area contributed by atoms with Crippen LogP contribution in [0.15, 0.2) is 42.1 Å². The van der Waals surface area contributed by atoms with Crippen molar-refractivity contribution in [1.29, 1.82) is 0 Å². The summed E-state index contributed by atoms with van der Waals surface area (Å²) in [7, 11) is 1.23. The van der Waals surface area contributed by atoms with Crippen LogP contribution in [0.5, 0.6) is 11.5 Å². The fourth-order valence-electron chi connectivity index (χ4n) is 2.92. The van der Waals surface area contributed by atoms with Crippen LogP contribution in [0.2, 0.25) is 5.02 Å². The van der Waals surface area contributed by atoms with E-state index in [1.807, 2.05) is 0 Å². The van der Waals surface area contributed by atoms with Gasteiger partial charge >= 0.3 is 12.0 Å². The molecule has 2 aromatic carbocycles. The number of hydrogen-bond acceptors (Lipinski definition) is 6. The van der Waals surface area contributed by atoms with E-state index in [0.29, 0.717) is 17.7 Å². The minimum absolute atomic E-state index is 0.00640. The maximum absolute atomic E-state index is 13.1. The summed E-state index contributed by atoms with van der Waals surface area (Å²) in [4.78, 5) is 37.4. The Morgan fingerprint density at radius 1 is 1.19 bits per heavy atom. The molecule has 32 heavy (non-hydrogen) atoms. The summed E-state index contributed by atoms with van der Waals surface area (Å²) >= 11 is 6.30. The molecule has 1 fully saturated rings. The topological polar surface area (TPSA) is 94.2 Å². The summed E-state index contributed by atoms with van der Waals surface area (Å²) in [6.07, 6.45) is 1.45. The normalized spacial score (nSPS) is 14.5. The van der Waals surface area contributed by atoms with Gasteiger partial charge in [-0.05, 0) is 48.4 Å². The predicted octanol–water partition coefficient (Wildman–Crippen LogP) is 3.52. The Bertz CT molecular complexity index is 1070. The summed E-state index contributed by atoms with van der Waals surface area (Å²) in [6.45, 7) is 1.69. The SMILES string of the molecule is CCOc1cc(/C=C2/NC(=O)N(Cc3ccc(F)cc3)C2=O)cc(Cl)c1OCC(=O)OC. The highest BCUT2D eigenvalue weighted by Gasteiger charge is 2.33. The Morgan fingerprint density at radius 2 is 1.91 bits per heavy atom. The number of urea groups is 1. The second kappa shape index (κ2) is 10.1. The molecule has 0 bridgehead atoms. The Hall–Kier alpha value is -3.59. The van der Waals surface area contributed by atoms with Crippen LogP contribution in [-0.2, 0) is 20.9 Å². The molecule has 0 atom stereocenters.